The zero-order valence-corrected chi connectivity index (χ0v) is 13.8. The van der Waals surface area contributed by atoms with E-state index in [2.05, 4.69) is 23.7 Å². The van der Waals surface area contributed by atoms with Crippen LogP contribution in [0.4, 0.5) is 5.82 Å². The molecule has 3 heterocycles. The second-order valence-electron chi connectivity index (χ2n) is 7.49. The molecule has 0 unspecified atom stereocenters. The predicted octanol–water partition coefficient (Wildman–Crippen LogP) is 2.65. The number of hydrogen-bond acceptors (Lipinski definition) is 5. The summed E-state index contributed by atoms with van der Waals surface area (Å²) in [6.07, 6.45) is 5.24. The SMILES string of the molecule is CC1(C)[C@@H]2OCC[C@H]2[C@@H]1OC(=O)c1ccc(N2CCCC2)nc1. The summed E-state index contributed by atoms with van der Waals surface area (Å²) in [6.45, 7) is 7.11. The van der Waals surface area contributed by atoms with E-state index in [4.69, 9.17) is 9.47 Å². The zero-order valence-electron chi connectivity index (χ0n) is 13.8. The van der Waals surface area contributed by atoms with Gasteiger partial charge in [-0.2, -0.15) is 0 Å². The van der Waals surface area contributed by atoms with Crippen LogP contribution in [0.5, 0.6) is 0 Å². The van der Waals surface area contributed by atoms with Gasteiger partial charge < -0.3 is 14.4 Å². The Hall–Kier alpha value is -1.62. The lowest BCUT2D eigenvalue weighted by Gasteiger charge is -2.53. The molecule has 4 rings (SSSR count). The van der Waals surface area contributed by atoms with Crippen LogP contribution >= 0.6 is 0 Å². The number of nitrogens with zero attached hydrogens (tertiary/aromatic N) is 2. The maximum atomic E-state index is 12.4. The maximum absolute atomic E-state index is 12.4. The summed E-state index contributed by atoms with van der Waals surface area (Å²) < 4.78 is 11.5. The summed E-state index contributed by atoms with van der Waals surface area (Å²) >= 11 is 0. The van der Waals surface area contributed by atoms with E-state index in [0.29, 0.717) is 11.5 Å². The molecule has 5 nitrogen and oxygen atoms in total. The molecule has 1 aliphatic carbocycles. The van der Waals surface area contributed by atoms with E-state index in [9.17, 15) is 4.79 Å². The fourth-order valence-electron chi connectivity index (χ4n) is 4.34. The van der Waals surface area contributed by atoms with Crippen molar-refractivity contribution in [1.82, 2.24) is 4.98 Å². The van der Waals surface area contributed by atoms with Crippen molar-refractivity contribution in [2.24, 2.45) is 11.3 Å². The predicted molar refractivity (Wildman–Crippen MR) is 86.5 cm³/mol. The summed E-state index contributed by atoms with van der Waals surface area (Å²) in [5.74, 6) is 1.03. The third-order valence-corrected chi connectivity index (χ3v) is 5.64. The van der Waals surface area contributed by atoms with Gasteiger partial charge in [0.2, 0.25) is 0 Å². The Morgan fingerprint density at radius 1 is 1.35 bits per heavy atom. The molecule has 3 atom stereocenters. The molecule has 124 valence electrons. The number of fused-ring (bicyclic) bond motifs is 1. The summed E-state index contributed by atoms with van der Waals surface area (Å²) in [6, 6.07) is 3.76. The molecular weight excluding hydrogens is 292 g/mol. The number of esters is 1. The van der Waals surface area contributed by atoms with E-state index < -0.39 is 0 Å². The van der Waals surface area contributed by atoms with Gasteiger partial charge in [0.05, 0.1) is 11.7 Å². The second-order valence-corrected chi connectivity index (χ2v) is 7.49. The van der Waals surface area contributed by atoms with Crippen LogP contribution in [0.2, 0.25) is 0 Å². The number of anilines is 1. The van der Waals surface area contributed by atoms with Crippen LogP contribution in [0, 0.1) is 11.3 Å². The molecule has 1 saturated carbocycles. The Morgan fingerprint density at radius 2 is 2.13 bits per heavy atom. The molecule has 2 saturated heterocycles. The molecule has 5 heteroatoms. The lowest BCUT2D eigenvalue weighted by molar-refractivity contribution is -0.183. The average Bonchev–Trinajstić information content (AvgIpc) is 3.23. The Kier molecular flexibility index (Phi) is 3.56. The quantitative estimate of drug-likeness (QED) is 0.803. The van der Waals surface area contributed by atoms with E-state index in [1.165, 1.54) is 12.8 Å². The number of hydrogen-bond donors (Lipinski definition) is 0. The van der Waals surface area contributed by atoms with Gasteiger partial charge in [-0.25, -0.2) is 9.78 Å². The van der Waals surface area contributed by atoms with Gasteiger partial charge in [0.1, 0.15) is 11.9 Å². The van der Waals surface area contributed by atoms with Gasteiger partial charge in [-0.1, -0.05) is 13.8 Å². The van der Waals surface area contributed by atoms with Crippen LogP contribution in [0.25, 0.3) is 0 Å². The van der Waals surface area contributed by atoms with E-state index in [0.717, 1.165) is 31.9 Å². The second kappa shape index (κ2) is 5.48. The number of rotatable bonds is 3. The highest BCUT2D eigenvalue weighted by atomic mass is 16.6. The molecule has 0 N–H and O–H groups in total. The van der Waals surface area contributed by atoms with Crippen molar-refractivity contribution in [3.05, 3.63) is 23.9 Å². The van der Waals surface area contributed by atoms with Gasteiger partial charge in [0.15, 0.2) is 0 Å². The molecule has 0 radical (unpaired) electrons. The summed E-state index contributed by atoms with van der Waals surface area (Å²) in [5.41, 5.74) is 0.436. The lowest BCUT2D eigenvalue weighted by Crippen LogP contribution is -2.61. The van der Waals surface area contributed by atoms with E-state index in [1.54, 1.807) is 6.20 Å². The largest absolute Gasteiger partial charge is 0.458 e. The number of carbonyl (C=O) groups excluding carboxylic acids is 1. The van der Waals surface area contributed by atoms with Crippen molar-refractivity contribution >= 4 is 11.8 Å². The Balaban J connectivity index is 1.43. The third kappa shape index (κ3) is 2.42. The highest BCUT2D eigenvalue weighted by Gasteiger charge is 2.61. The Bertz CT molecular complexity index is 593. The van der Waals surface area contributed by atoms with Crippen molar-refractivity contribution in [2.45, 2.75) is 45.3 Å². The first-order valence-electron chi connectivity index (χ1n) is 8.61. The normalized spacial score (nSPS) is 31.6. The molecule has 0 aromatic carbocycles. The van der Waals surface area contributed by atoms with Gasteiger partial charge in [-0.15, -0.1) is 0 Å². The molecule has 23 heavy (non-hydrogen) atoms. The van der Waals surface area contributed by atoms with Crippen LogP contribution in [0.3, 0.4) is 0 Å². The Labute approximate surface area is 137 Å². The van der Waals surface area contributed by atoms with E-state index >= 15 is 0 Å². The van der Waals surface area contributed by atoms with Crippen molar-refractivity contribution < 1.29 is 14.3 Å². The van der Waals surface area contributed by atoms with E-state index in [1.807, 2.05) is 12.1 Å². The topological polar surface area (TPSA) is 51.7 Å². The highest BCUT2D eigenvalue weighted by Crippen LogP contribution is 2.53. The van der Waals surface area contributed by atoms with Crippen LogP contribution in [0.1, 0.15) is 43.5 Å². The molecule has 0 bridgehead atoms. The molecule has 3 aliphatic rings. The average molecular weight is 316 g/mol. The number of ether oxygens (including phenoxy) is 2. The monoisotopic (exact) mass is 316 g/mol. The minimum Gasteiger partial charge on any atom is -0.458 e. The van der Waals surface area contributed by atoms with Gasteiger partial charge >= 0.3 is 5.97 Å². The summed E-state index contributed by atoms with van der Waals surface area (Å²) in [5, 5.41) is 0. The number of aromatic nitrogens is 1. The fraction of sp³-hybridized carbons (Fsp3) is 0.667. The first-order chi connectivity index (χ1) is 11.1. The first-order valence-corrected chi connectivity index (χ1v) is 8.61. The van der Waals surface area contributed by atoms with Gasteiger partial charge in [-0.05, 0) is 31.4 Å². The van der Waals surface area contributed by atoms with Crippen LogP contribution < -0.4 is 4.90 Å². The summed E-state index contributed by atoms with van der Waals surface area (Å²) in [4.78, 5) is 19.1. The molecule has 1 aromatic rings. The molecule has 0 spiro atoms. The summed E-state index contributed by atoms with van der Waals surface area (Å²) in [7, 11) is 0. The first kappa shape index (κ1) is 14.9. The minimum atomic E-state index is -0.270. The van der Waals surface area contributed by atoms with Crippen molar-refractivity contribution in [1.29, 1.82) is 0 Å². The van der Waals surface area contributed by atoms with Crippen molar-refractivity contribution in [2.75, 3.05) is 24.6 Å². The van der Waals surface area contributed by atoms with Crippen LogP contribution in [-0.4, -0.2) is 42.9 Å². The number of pyridine rings is 1. The van der Waals surface area contributed by atoms with Crippen molar-refractivity contribution in [3.63, 3.8) is 0 Å². The standard InChI is InChI=1S/C18H24N2O3/c1-18(2)15-13(7-10-22-15)16(18)23-17(21)12-5-6-14(19-11-12)20-8-3-4-9-20/h5-6,11,13,15-16H,3-4,7-10H2,1-2H3/t13-,15-,16+/m1/s1. The molecular formula is C18H24N2O3. The molecule has 2 aliphatic heterocycles. The fourth-order valence-corrected chi connectivity index (χ4v) is 4.34. The smallest absolute Gasteiger partial charge is 0.340 e. The zero-order chi connectivity index (χ0) is 16.0. The third-order valence-electron chi connectivity index (χ3n) is 5.64. The van der Waals surface area contributed by atoms with E-state index in [-0.39, 0.29) is 23.6 Å². The Morgan fingerprint density at radius 3 is 2.83 bits per heavy atom. The molecule has 1 aromatic heterocycles. The van der Waals surface area contributed by atoms with Gasteiger partial charge in [0, 0.05) is 37.2 Å². The maximum Gasteiger partial charge on any atom is 0.340 e. The van der Waals surface area contributed by atoms with Crippen LogP contribution in [-0.2, 0) is 9.47 Å². The highest BCUT2D eigenvalue weighted by molar-refractivity contribution is 5.89. The van der Waals surface area contributed by atoms with Gasteiger partial charge in [0.25, 0.3) is 0 Å². The number of carbonyl (C=O) groups is 1. The molecule has 0 amide bonds. The van der Waals surface area contributed by atoms with Gasteiger partial charge in [-0.3, -0.25) is 0 Å². The molecule has 3 fully saturated rings. The minimum absolute atomic E-state index is 0.0549. The van der Waals surface area contributed by atoms with Crippen molar-refractivity contribution in [3.8, 4) is 0 Å². The van der Waals surface area contributed by atoms with Crippen LogP contribution in [0.15, 0.2) is 18.3 Å². The lowest BCUT2D eigenvalue weighted by atomic mass is 9.59.